The zero-order valence-electron chi connectivity index (χ0n) is 24.7. The van der Waals surface area contributed by atoms with Gasteiger partial charge in [-0.25, -0.2) is 4.99 Å². The van der Waals surface area contributed by atoms with Crippen molar-refractivity contribution in [3.05, 3.63) is 83.9 Å². The van der Waals surface area contributed by atoms with E-state index in [0.717, 1.165) is 37.4 Å². The largest absolute Gasteiger partial charge is 0.494 e. The lowest BCUT2D eigenvalue weighted by atomic mass is 10.0. The number of H-pyrrole nitrogens is 1. The molecule has 4 aromatic rings. The minimum atomic E-state index is -3.56. The van der Waals surface area contributed by atoms with Crippen molar-refractivity contribution in [3.63, 3.8) is 0 Å². The average Bonchev–Trinajstić information content (AvgIpc) is 3.35. The Hall–Kier alpha value is -3.79. The zero-order chi connectivity index (χ0) is 30.4. The number of nitrogens with one attached hydrogen (secondary N) is 2. The number of aromatic amines is 1. The first-order chi connectivity index (χ1) is 20.8. The maximum absolute atomic E-state index is 13.6. The third-order valence-corrected chi connectivity index (χ3v) is 9.49. The maximum Gasteiger partial charge on any atom is 0.361 e. The monoisotopic (exact) mass is 603 g/mol. The van der Waals surface area contributed by atoms with E-state index in [1.165, 1.54) is 0 Å². The summed E-state index contributed by atoms with van der Waals surface area (Å²) in [4.78, 5) is 24.7. The predicted molar refractivity (Wildman–Crippen MR) is 171 cm³/mol. The standard InChI is InChI=1S/C32H38N5O5P/c1-4-41-43(40,42-5-2)26-15-16-28-27(21-26)30(32(39)35-28)31(23-9-7-6-8-10-23)34-24-11-13-25(14-12-24)36(3)29(38)22-37-19-17-33-18-20-37/h6-16,21,33,35,39H,4-5,17-20,22H2,1-3H3. The van der Waals surface area contributed by atoms with Crippen molar-refractivity contribution < 1.29 is 23.5 Å². The Balaban J connectivity index is 1.52. The van der Waals surface area contributed by atoms with Gasteiger partial charge in [0.2, 0.25) is 5.91 Å². The molecule has 0 spiro atoms. The molecule has 0 bridgehead atoms. The SMILES string of the molecule is CCOP(=O)(OCC)c1ccc2[nH]c(O)c(C(=Nc3ccc(N(C)C(=O)CN4CCNCC4)cc3)c3ccccc3)c2c1. The topological polar surface area (TPSA) is 119 Å². The highest BCUT2D eigenvalue weighted by Crippen LogP contribution is 2.47. The Bertz CT molecular complexity index is 1620. The first kappa shape index (κ1) is 30.7. The van der Waals surface area contributed by atoms with Crippen molar-refractivity contribution in [1.29, 1.82) is 0 Å². The summed E-state index contributed by atoms with van der Waals surface area (Å²) in [6.07, 6.45) is 0. The fraction of sp³-hybridized carbons (Fsp3) is 0.312. The molecule has 0 radical (unpaired) electrons. The smallest absolute Gasteiger partial charge is 0.361 e. The van der Waals surface area contributed by atoms with Crippen LogP contribution in [-0.2, 0) is 18.4 Å². The molecular formula is C32H38N5O5P. The van der Waals surface area contributed by atoms with Gasteiger partial charge in [0.05, 0.1) is 42.0 Å². The number of benzene rings is 3. The van der Waals surface area contributed by atoms with Gasteiger partial charge in [-0.2, -0.15) is 0 Å². The first-order valence-electron chi connectivity index (χ1n) is 14.5. The maximum atomic E-state index is 13.6. The fourth-order valence-electron chi connectivity index (χ4n) is 5.15. The normalized spacial score (nSPS) is 14.7. The number of aromatic hydroxyl groups is 1. The van der Waals surface area contributed by atoms with Crippen LogP contribution in [0.25, 0.3) is 10.9 Å². The van der Waals surface area contributed by atoms with Gasteiger partial charge in [0.15, 0.2) is 5.88 Å². The fourth-order valence-corrected chi connectivity index (χ4v) is 6.75. The van der Waals surface area contributed by atoms with Crippen LogP contribution < -0.4 is 15.5 Å². The van der Waals surface area contributed by atoms with Gasteiger partial charge in [0.25, 0.3) is 0 Å². The van der Waals surface area contributed by atoms with Crippen LogP contribution in [0.2, 0.25) is 0 Å². The number of piperazine rings is 1. The molecule has 3 aromatic carbocycles. The number of nitrogens with zero attached hydrogens (tertiary/aromatic N) is 3. The number of carbonyl (C=O) groups is 1. The molecule has 43 heavy (non-hydrogen) atoms. The molecule has 1 fully saturated rings. The van der Waals surface area contributed by atoms with Crippen molar-refractivity contribution in [2.75, 3.05) is 57.9 Å². The highest BCUT2D eigenvalue weighted by Gasteiger charge is 2.29. The second-order valence-corrected chi connectivity index (χ2v) is 12.3. The van der Waals surface area contributed by atoms with Crippen LogP contribution in [0, 0.1) is 0 Å². The average molecular weight is 604 g/mol. The number of rotatable bonds is 11. The van der Waals surface area contributed by atoms with Gasteiger partial charge >= 0.3 is 7.60 Å². The Morgan fingerprint density at radius 1 is 1.00 bits per heavy atom. The van der Waals surface area contributed by atoms with Crippen molar-refractivity contribution in [2.45, 2.75) is 13.8 Å². The molecule has 0 saturated carbocycles. The van der Waals surface area contributed by atoms with Crippen LogP contribution >= 0.6 is 7.60 Å². The molecule has 0 atom stereocenters. The zero-order valence-corrected chi connectivity index (χ0v) is 25.6. The van der Waals surface area contributed by atoms with E-state index in [4.69, 9.17) is 14.0 Å². The highest BCUT2D eigenvalue weighted by molar-refractivity contribution is 7.62. The number of hydrogen-bond donors (Lipinski definition) is 3. The second-order valence-electron chi connectivity index (χ2n) is 10.2. The Morgan fingerprint density at radius 3 is 2.33 bits per heavy atom. The number of aliphatic imine (C=N–C) groups is 1. The molecule has 2 heterocycles. The molecule has 226 valence electrons. The van der Waals surface area contributed by atoms with E-state index in [-0.39, 0.29) is 25.0 Å². The number of likely N-dealkylation sites (N-methyl/N-ethyl adjacent to an activating group) is 1. The summed E-state index contributed by atoms with van der Waals surface area (Å²) in [6, 6.07) is 22.2. The molecule has 3 N–H and O–H groups in total. The van der Waals surface area contributed by atoms with Crippen LogP contribution in [-0.4, -0.2) is 79.6 Å². The summed E-state index contributed by atoms with van der Waals surface area (Å²) in [5, 5.41) is 15.5. The molecule has 1 saturated heterocycles. The summed E-state index contributed by atoms with van der Waals surface area (Å²) in [5.74, 6) is -0.0358. The molecule has 0 unspecified atom stereocenters. The summed E-state index contributed by atoms with van der Waals surface area (Å²) >= 11 is 0. The Kier molecular flexibility index (Phi) is 9.75. The third-order valence-electron chi connectivity index (χ3n) is 7.38. The lowest BCUT2D eigenvalue weighted by Gasteiger charge is -2.28. The highest BCUT2D eigenvalue weighted by atomic mass is 31.2. The number of amides is 1. The van der Waals surface area contributed by atoms with Crippen molar-refractivity contribution in [1.82, 2.24) is 15.2 Å². The lowest BCUT2D eigenvalue weighted by Crippen LogP contribution is -2.47. The molecule has 0 aliphatic carbocycles. The van der Waals surface area contributed by atoms with E-state index in [1.807, 2.05) is 54.6 Å². The van der Waals surface area contributed by atoms with Crippen LogP contribution in [0.4, 0.5) is 11.4 Å². The first-order valence-corrected chi connectivity index (χ1v) is 16.1. The van der Waals surface area contributed by atoms with Crippen LogP contribution in [0.3, 0.4) is 0 Å². The van der Waals surface area contributed by atoms with Gasteiger partial charge < -0.3 is 29.4 Å². The lowest BCUT2D eigenvalue weighted by molar-refractivity contribution is -0.119. The minimum absolute atomic E-state index is 0.0269. The quantitative estimate of drug-likeness (QED) is 0.166. The molecule has 1 aliphatic rings. The van der Waals surface area contributed by atoms with Crippen molar-refractivity contribution >= 4 is 46.8 Å². The number of fused-ring (bicyclic) bond motifs is 1. The molecule has 11 heteroatoms. The third kappa shape index (κ3) is 6.90. The minimum Gasteiger partial charge on any atom is -0.494 e. The van der Waals surface area contributed by atoms with Gasteiger partial charge in [-0.3, -0.25) is 14.3 Å². The van der Waals surface area contributed by atoms with Gasteiger partial charge in [-0.05, 0) is 56.3 Å². The van der Waals surface area contributed by atoms with Gasteiger partial charge in [-0.1, -0.05) is 30.3 Å². The number of hydrogen-bond acceptors (Lipinski definition) is 8. The van der Waals surface area contributed by atoms with Gasteiger partial charge in [0, 0.05) is 55.4 Å². The van der Waals surface area contributed by atoms with Gasteiger partial charge in [0.1, 0.15) is 0 Å². The molecule has 1 aromatic heterocycles. The molecule has 1 amide bonds. The molecule has 10 nitrogen and oxygen atoms in total. The second kappa shape index (κ2) is 13.7. The Morgan fingerprint density at radius 2 is 1.67 bits per heavy atom. The van der Waals surface area contributed by atoms with Gasteiger partial charge in [-0.15, -0.1) is 0 Å². The summed E-state index contributed by atoms with van der Waals surface area (Å²) in [6.45, 7) is 7.84. The number of aromatic nitrogens is 1. The van der Waals surface area contributed by atoms with E-state index in [9.17, 15) is 14.5 Å². The van der Waals surface area contributed by atoms with Crippen LogP contribution in [0.15, 0.2) is 77.8 Å². The van der Waals surface area contributed by atoms with E-state index in [1.54, 1.807) is 44.0 Å². The van der Waals surface area contributed by atoms with Crippen molar-refractivity contribution in [2.24, 2.45) is 4.99 Å². The Labute approximate surface area is 251 Å². The van der Waals surface area contributed by atoms with Crippen LogP contribution in [0.1, 0.15) is 25.0 Å². The van der Waals surface area contributed by atoms with Crippen LogP contribution in [0.5, 0.6) is 5.88 Å². The summed E-state index contributed by atoms with van der Waals surface area (Å²) in [5.41, 5.74) is 3.84. The summed E-state index contributed by atoms with van der Waals surface area (Å²) in [7, 11) is -1.78. The number of anilines is 1. The van der Waals surface area contributed by atoms with E-state index in [0.29, 0.717) is 39.7 Å². The number of carbonyl (C=O) groups excluding carboxylic acids is 1. The molecule has 1 aliphatic heterocycles. The van der Waals surface area contributed by atoms with E-state index in [2.05, 4.69) is 15.2 Å². The van der Waals surface area contributed by atoms with E-state index < -0.39 is 7.60 Å². The molecular weight excluding hydrogens is 565 g/mol. The van der Waals surface area contributed by atoms with E-state index >= 15 is 0 Å². The van der Waals surface area contributed by atoms with Crippen molar-refractivity contribution in [3.8, 4) is 5.88 Å². The predicted octanol–water partition coefficient (Wildman–Crippen LogP) is 4.80. The molecule has 5 rings (SSSR count). The summed E-state index contributed by atoms with van der Waals surface area (Å²) < 4.78 is 24.7.